The van der Waals surface area contributed by atoms with Crippen LogP contribution in [0.15, 0.2) is 77.3 Å². The third-order valence-corrected chi connectivity index (χ3v) is 4.65. The highest BCUT2D eigenvalue weighted by atomic mass is 35.5. The first-order chi connectivity index (χ1) is 14.6. The molecule has 4 rings (SSSR count). The monoisotopic (exact) mass is 419 g/mol. The molecule has 1 N–H and O–H groups in total. The van der Waals surface area contributed by atoms with Crippen LogP contribution in [0.2, 0.25) is 5.02 Å². The van der Waals surface area contributed by atoms with E-state index in [-0.39, 0.29) is 12.5 Å². The number of ether oxygens (including phenoxy) is 1. The molecule has 0 aliphatic heterocycles. The fourth-order valence-electron chi connectivity index (χ4n) is 2.92. The first-order valence-corrected chi connectivity index (χ1v) is 9.65. The molecule has 0 radical (unpaired) electrons. The molecule has 0 aliphatic carbocycles. The maximum Gasteiger partial charge on any atom is 0.262 e. The molecule has 150 valence electrons. The fourth-order valence-corrected chi connectivity index (χ4v) is 3.13. The number of benzene rings is 3. The van der Waals surface area contributed by atoms with Crippen LogP contribution < -0.4 is 10.1 Å². The van der Waals surface area contributed by atoms with Crippen LogP contribution in [0.4, 0.5) is 5.69 Å². The Morgan fingerprint density at radius 3 is 2.60 bits per heavy atom. The minimum Gasteiger partial charge on any atom is -0.483 e. The zero-order valence-electron chi connectivity index (χ0n) is 16.1. The Labute approximate surface area is 178 Å². The van der Waals surface area contributed by atoms with Crippen LogP contribution in [0.1, 0.15) is 5.56 Å². The van der Waals surface area contributed by atoms with Crippen molar-refractivity contribution in [3.8, 4) is 28.6 Å². The predicted molar refractivity (Wildman–Crippen MR) is 115 cm³/mol. The van der Waals surface area contributed by atoms with Crippen molar-refractivity contribution in [3.63, 3.8) is 0 Å². The number of nitrogens with zero attached hydrogens (tertiary/aromatic N) is 2. The molecule has 1 heterocycles. The van der Waals surface area contributed by atoms with E-state index >= 15 is 0 Å². The third-order valence-electron chi connectivity index (χ3n) is 4.32. The Morgan fingerprint density at radius 1 is 1.03 bits per heavy atom. The molecule has 0 unspecified atom stereocenters. The number of carbonyl (C=O) groups excluding carboxylic acids is 1. The van der Waals surface area contributed by atoms with Crippen molar-refractivity contribution >= 4 is 23.2 Å². The number of amides is 1. The maximum absolute atomic E-state index is 12.3. The summed E-state index contributed by atoms with van der Waals surface area (Å²) in [5, 5.41) is 7.38. The van der Waals surface area contributed by atoms with Gasteiger partial charge in [-0.2, -0.15) is 4.98 Å². The number of anilines is 1. The molecule has 1 aromatic heterocycles. The molecule has 0 bridgehead atoms. The first kappa shape index (κ1) is 19.7. The summed E-state index contributed by atoms with van der Waals surface area (Å²) in [7, 11) is 0. The number of hydrogen-bond acceptors (Lipinski definition) is 5. The van der Waals surface area contributed by atoms with Crippen LogP contribution in [-0.2, 0) is 4.79 Å². The number of rotatable bonds is 6. The second-order valence-corrected chi connectivity index (χ2v) is 7.01. The molecule has 6 nitrogen and oxygen atoms in total. The molecule has 0 aliphatic rings. The molecule has 0 saturated heterocycles. The van der Waals surface area contributed by atoms with Crippen molar-refractivity contribution in [3.05, 3.63) is 83.4 Å². The van der Waals surface area contributed by atoms with E-state index in [2.05, 4.69) is 15.5 Å². The van der Waals surface area contributed by atoms with Crippen LogP contribution >= 0.6 is 11.6 Å². The summed E-state index contributed by atoms with van der Waals surface area (Å²) < 4.78 is 11.1. The van der Waals surface area contributed by atoms with Gasteiger partial charge in [0.15, 0.2) is 6.61 Å². The van der Waals surface area contributed by atoms with E-state index in [9.17, 15) is 4.79 Å². The molecule has 4 aromatic rings. The Balaban J connectivity index is 1.49. The van der Waals surface area contributed by atoms with Gasteiger partial charge in [-0.15, -0.1) is 0 Å². The Kier molecular flexibility index (Phi) is 5.77. The lowest BCUT2D eigenvalue weighted by Crippen LogP contribution is -2.20. The maximum atomic E-state index is 12.3. The second kappa shape index (κ2) is 8.80. The molecule has 1 amide bonds. The third kappa shape index (κ3) is 4.50. The van der Waals surface area contributed by atoms with Crippen molar-refractivity contribution in [2.75, 3.05) is 11.9 Å². The summed E-state index contributed by atoms with van der Waals surface area (Å²) in [5.41, 5.74) is 3.04. The summed E-state index contributed by atoms with van der Waals surface area (Å²) in [4.78, 5) is 16.7. The lowest BCUT2D eigenvalue weighted by Gasteiger charge is -2.10. The summed E-state index contributed by atoms with van der Waals surface area (Å²) in [5.74, 6) is 0.867. The van der Waals surface area contributed by atoms with Crippen molar-refractivity contribution < 1.29 is 14.1 Å². The van der Waals surface area contributed by atoms with Gasteiger partial charge in [-0.05, 0) is 48.9 Å². The lowest BCUT2D eigenvalue weighted by atomic mass is 10.2. The standard InChI is InChI=1S/C23H18ClN3O3/c1-15-7-6-8-16(13-15)25-21(28)14-29-20-12-5-3-10-18(20)22-26-23(30-27-22)17-9-2-4-11-19(17)24/h2-13H,14H2,1H3,(H,25,28). The zero-order valence-corrected chi connectivity index (χ0v) is 16.9. The Bertz CT molecular complexity index is 1190. The molecule has 30 heavy (non-hydrogen) atoms. The topological polar surface area (TPSA) is 77.2 Å². The summed E-state index contributed by atoms with van der Waals surface area (Å²) >= 11 is 6.21. The van der Waals surface area contributed by atoms with E-state index in [1.807, 2.05) is 55.5 Å². The molecule has 0 spiro atoms. The van der Waals surface area contributed by atoms with Crippen molar-refractivity contribution in [2.24, 2.45) is 0 Å². The average molecular weight is 420 g/mol. The number of aryl methyl sites for hydroxylation is 1. The molecule has 7 heteroatoms. The first-order valence-electron chi connectivity index (χ1n) is 9.27. The van der Waals surface area contributed by atoms with Crippen molar-refractivity contribution in [2.45, 2.75) is 6.92 Å². The minimum atomic E-state index is -0.264. The number of hydrogen-bond donors (Lipinski definition) is 1. The normalized spacial score (nSPS) is 10.6. The summed E-state index contributed by atoms with van der Waals surface area (Å²) in [6.45, 7) is 1.81. The van der Waals surface area contributed by atoms with Gasteiger partial charge in [0.2, 0.25) is 5.82 Å². The van der Waals surface area contributed by atoms with Gasteiger partial charge in [-0.3, -0.25) is 4.79 Å². The highest BCUT2D eigenvalue weighted by molar-refractivity contribution is 6.33. The quantitative estimate of drug-likeness (QED) is 0.453. The van der Waals surface area contributed by atoms with E-state index in [0.29, 0.717) is 33.6 Å². The molecular formula is C23H18ClN3O3. The number of aromatic nitrogens is 2. The largest absolute Gasteiger partial charge is 0.483 e. The van der Waals surface area contributed by atoms with Crippen LogP contribution in [0, 0.1) is 6.92 Å². The smallest absolute Gasteiger partial charge is 0.262 e. The van der Waals surface area contributed by atoms with Crippen LogP contribution in [0.3, 0.4) is 0 Å². The minimum absolute atomic E-state index is 0.153. The predicted octanol–water partition coefficient (Wildman–Crippen LogP) is 5.38. The molecule has 0 fully saturated rings. The zero-order chi connectivity index (χ0) is 20.9. The van der Waals surface area contributed by atoms with Gasteiger partial charge < -0.3 is 14.6 Å². The van der Waals surface area contributed by atoms with Gasteiger partial charge in [0.1, 0.15) is 5.75 Å². The van der Waals surface area contributed by atoms with E-state index < -0.39 is 0 Å². The second-order valence-electron chi connectivity index (χ2n) is 6.61. The highest BCUT2D eigenvalue weighted by Crippen LogP contribution is 2.31. The Hall–Kier alpha value is -3.64. The number of carbonyl (C=O) groups is 1. The summed E-state index contributed by atoms with van der Waals surface area (Å²) in [6, 6.07) is 22.0. The molecule has 3 aromatic carbocycles. The van der Waals surface area contributed by atoms with E-state index in [4.69, 9.17) is 20.9 Å². The van der Waals surface area contributed by atoms with Gasteiger partial charge in [0.25, 0.3) is 11.8 Å². The number of nitrogens with one attached hydrogen (secondary N) is 1. The SMILES string of the molecule is Cc1cccc(NC(=O)COc2ccccc2-c2noc(-c3ccccc3Cl)n2)c1. The molecule has 0 saturated carbocycles. The van der Waals surface area contributed by atoms with Crippen molar-refractivity contribution in [1.82, 2.24) is 10.1 Å². The van der Waals surface area contributed by atoms with E-state index in [1.165, 1.54) is 0 Å². The number of para-hydroxylation sites is 1. The molecular weight excluding hydrogens is 402 g/mol. The van der Waals surface area contributed by atoms with Gasteiger partial charge >= 0.3 is 0 Å². The number of halogens is 1. The van der Waals surface area contributed by atoms with Crippen LogP contribution in [0.5, 0.6) is 5.75 Å². The van der Waals surface area contributed by atoms with Crippen LogP contribution in [0.25, 0.3) is 22.8 Å². The van der Waals surface area contributed by atoms with Crippen molar-refractivity contribution in [1.29, 1.82) is 0 Å². The summed E-state index contributed by atoms with van der Waals surface area (Å²) in [6.07, 6.45) is 0. The van der Waals surface area contributed by atoms with E-state index in [1.54, 1.807) is 24.3 Å². The average Bonchev–Trinajstić information content (AvgIpc) is 3.23. The highest BCUT2D eigenvalue weighted by Gasteiger charge is 2.16. The van der Waals surface area contributed by atoms with Gasteiger partial charge in [0, 0.05) is 5.69 Å². The van der Waals surface area contributed by atoms with E-state index in [0.717, 1.165) is 11.3 Å². The van der Waals surface area contributed by atoms with Gasteiger partial charge in [-0.25, -0.2) is 0 Å². The van der Waals surface area contributed by atoms with Crippen LogP contribution in [-0.4, -0.2) is 22.7 Å². The Morgan fingerprint density at radius 2 is 1.80 bits per heavy atom. The fraction of sp³-hybridized carbons (Fsp3) is 0.0870. The lowest BCUT2D eigenvalue weighted by molar-refractivity contribution is -0.118. The van der Waals surface area contributed by atoms with Gasteiger partial charge in [0.05, 0.1) is 16.1 Å². The molecule has 0 atom stereocenters. The van der Waals surface area contributed by atoms with Gasteiger partial charge in [-0.1, -0.05) is 53.2 Å².